The van der Waals surface area contributed by atoms with E-state index in [-0.39, 0.29) is 18.0 Å². The molecule has 7 heteroatoms. The maximum atomic E-state index is 13.5. The number of alkyl carbamates (subject to hydrolysis) is 1. The van der Waals surface area contributed by atoms with Crippen molar-refractivity contribution in [2.75, 3.05) is 25.0 Å². The molecule has 1 aromatic heterocycles. The van der Waals surface area contributed by atoms with E-state index in [4.69, 9.17) is 4.74 Å². The molecule has 37 heavy (non-hydrogen) atoms. The van der Waals surface area contributed by atoms with Gasteiger partial charge in [-0.05, 0) is 93.3 Å². The van der Waals surface area contributed by atoms with Crippen LogP contribution in [0.25, 0.3) is 10.8 Å². The molecule has 7 nitrogen and oxygen atoms in total. The van der Waals surface area contributed by atoms with Crippen LogP contribution < -0.4 is 10.2 Å². The van der Waals surface area contributed by atoms with Crippen LogP contribution in [0.15, 0.2) is 54.9 Å². The second-order valence-corrected chi connectivity index (χ2v) is 11.2. The third-order valence-electron chi connectivity index (χ3n) is 7.48. The van der Waals surface area contributed by atoms with Crippen LogP contribution in [0.1, 0.15) is 67.6 Å². The van der Waals surface area contributed by atoms with Crippen molar-refractivity contribution in [1.82, 2.24) is 15.2 Å². The van der Waals surface area contributed by atoms with Crippen LogP contribution in [0.3, 0.4) is 0 Å². The molecule has 1 saturated heterocycles. The summed E-state index contributed by atoms with van der Waals surface area (Å²) in [5, 5.41) is 5.32. The fourth-order valence-electron chi connectivity index (χ4n) is 5.48. The summed E-state index contributed by atoms with van der Waals surface area (Å²) < 4.78 is 5.44. The number of pyridine rings is 1. The molecular weight excluding hydrogens is 464 g/mol. The average Bonchev–Trinajstić information content (AvgIpc) is 3.28. The van der Waals surface area contributed by atoms with Gasteiger partial charge in [-0.15, -0.1) is 0 Å². The van der Waals surface area contributed by atoms with Crippen LogP contribution in [0.2, 0.25) is 0 Å². The van der Waals surface area contributed by atoms with Crippen molar-refractivity contribution in [3.05, 3.63) is 71.5 Å². The van der Waals surface area contributed by atoms with Crippen molar-refractivity contribution < 1.29 is 14.3 Å². The first-order valence-corrected chi connectivity index (χ1v) is 13.2. The minimum Gasteiger partial charge on any atom is -0.444 e. The van der Waals surface area contributed by atoms with Crippen LogP contribution in [-0.4, -0.2) is 53.7 Å². The van der Waals surface area contributed by atoms with E-state index in [0.29, 0.717) is 5.56 Å². The molecule has 2 heterocycles. The SMILES string of the molecule is CN(C(=O)c1ccc2c(c1)C(NC(=O)OC(C)(C)C)CC2)C1CCN(c2ccc3cnccc3c2)CC1. The zero-order valence-electron chi connectivity index (χ0n) is 22.2. The Morgan fingerprint density at radius 2 is 1.81 bits per heavy atom. The van der Waals surface area contributed by atoms with Crippen LogP contribution in [-0.2, 0) is 11.2 Å². The molecule has 2 amide bonds. The van der Waals surface area contributed by atoms with E-state index < -0.39 is 11.7 Å². The van der Waals surface area contributed by atoms with Crippen molar-refractivity contribution in [3.63, 3.8) is 0 Å². The second-order valence-electron chi connectivity index (χ2n) is 11.2. The normalized spacial score (nSPS) is 17.9. The average molecular weight is 501 g/mol. The van der Waals surface area contributed by atoms with Gasteiger partial charge in [-0.2, -0.15) is 0 Å². The molecule has 3 aromatic rings. The first kappa shape index (κ1) is 25.1. The number of benzene rings is 2. The van der Waals surface area contributed by atoms with Crippen LogP contribution >= 0.6 is 0 Å². The number of hydrogen-bond acceptors (Lipinski definition) is 5. The summed E-state index contributed by atoms with van der Waals surface area (Å²) >= 11 is 0. The first-order chi connectivity index (χ1) is 17.7. The van der Waals surface area contributed by atoms with Crippen molar-refractivity contribution >= 4 is 28.5 Å². The number of nitrogens with one attached hydrogen (secondary N) is 1. The number of ether oxygens (including phenoxy) is 1. The Bertz CT molecular complexity index is 1310. The molecule has 1 aliphatic heterocycles. The van der Waals surface area contributed by atoms with Gasteiger partial charge in [-0.3, -0.25) is 9.78 Å². The Kier molecular flexibility index (Phi) is 6.80. The Labute approximate surface area is 218 Å². The van der Waals surface area contributed by atoms with E-state index in [2.05, 4.69) is 33.4 Å². The number of carbonyl (C=O) groups excluding carboxylic acids is 2. The van der Waals surface area contributed by atoms with E-state index >= 15 is 0 Å². The van der Waals surface area contributed by atoms with Gasteiger partial charge in [0.05, 0.1) is 6.04 Å². The summed E-state index contributed by atoms with van der Waals surface area (Å²) in [5.74, 6) is 0.0300. The van der Waals surface area contributed by atoms with Crippen LogP contribution in [0, 0.1) is 0 Å². The maximum absolute atomic E-state index is 13.5. The molecule has 5 rings (SSSR count). The van der Waals surface area contributed by atoms with Crippen LogP contribution in [0.4, 0.5) is 10.5 Å². The smallest absolute Gasteiger partial charge is 0.408 e. The van der Waals surface area contributed by atoms with Crippen molar-refractivity contribution in [3.8, 4) is 0 Å². The van der Waals surface area contributed by atoms with Crippen molar-refractivity contribution in [2.45, 2.75) is 64.1 Å². The van der Waals surface area contributed by atoms with Gasteiger partial charge in [0.25, 0.3) is 5.91 Å². The van der Waals surface area contributed by atoms with Gasteiger partial charge in [0, 0.05) is 55.2 Å². The molecule has 2 aromatic carbocycles. The third-order valence-corrected chi connectivity index (χ3v) is 7.48. The quantitative estimate of drug-likeness (QED) is 0.513. The fraction of sp³-hybridized carbons (Fsp3) is 0.433. The largest absolute Gasteiger partial charge is 0.444 e. The number of amides is 2. The monoisotopic (exact) mass is 500 g/mol. The van der Waals surface area contributed by atoms with Gasteiger partial charge in [-0.25, -0.2) is 4.79 Å². The number of anilines is 1. The lowest BCUT2D eigenvalue weighted by Crippen LogP contribution is -2.45. The zero-order valence-corrected chi connectivity index (χ0v) is 22.2. The summed E-state index contributed by atoms with van der Waals surface area (Å²) in [5.41, 5.74) is 3.54. The Balaban J connectivity index is 1.22. The van der Waals surface area contributed by atoms with E-state index in [1.54, 1.807) is 0 Å². The topological polar surface area (TPSA) is 74.8 Å². The summed E-state index contributed by atoms with van der Waals surface area (Å²) in [4.78, 5) is 34.3. The standard InChI is InChI=1S/C30H36N4O3/c1-30(2,3)37-29(36)32-27-10-8-20-5-6-22(18-26(20)27)28(35)33(4)24-12-15-34(16-13-24)25-9-7-23-19-31-14-11-21(23)17-25/h5-7,9,11,14,17-19,24,27H,8,10,12-13,15-16H2,1-4H3,(H,32,36). The molecule has 1 aliphatic carbocycles. The van der Waals surface area contributed by atoms with Gasteiger partial charge < -0.3 is 19.9 Å². The summed E-state index contributed by atoms with van der Waals surface area (Å²) in [6.07, 6.45) is 6.83. The first-order valence-electron chi connectivity index (χ1n) is 13.2. The molecule has 1 fully saturated rings. The number of carbonyl (C=O) groups is 2. The van der Waals surface area contributed by atoms with Crippen molar-refractivity contribution in [1.29, 1.82) is 0 Å². The van der Waals surface area contributed by atoms with E-state index in [0.717, 1.165) is 49.7 Å². The summed E-state index contributed by atoms with van der Waals surface area (Å²) in [6, 6.07) is 14.5. The number of nitrogens with zero attached hydrogens (tertiary/aromatic N) is 3. The van der Waals surface area contributed by atoms with E-state index in [1.165, 1.54) is 16.6 Å². The Hall–Kier alpha value is -3.61. The molecule has 0 saturated carbocycles. The van der Waals surface area contributed by atoms with Gasteiger partial charge in [0.15, 0.2) is 0 Å². The second kappa shape index (κ2) is 10.0. The fourth-order valence-corrected chi connectivity index (χ4v) is 5.48. The predicted molar refractivity (Wildman–Crippen MR) is 146 cm³/mol. The van der Waals surface area contributed by atoms with Crippen molar-refractivity contribution in [2.24, 2.45) is 0 Å². The third kappa shape index (κ3) is 5.55. The highest BCUT2D eigenvalue weighted by Crippen LogP contribution is 2.33. The minimum atomic E-state index is -0.548. The molecular formula is C30H36N4O3. The van der Waals surface area contributed by atoms with E-state index in [9.17, 15) is 9.59 Å². The number of fused-ring (bicyclic) bond motifs is 2. The zero-order chi connectivity index (χ0) is 26.2. The minimum absolute atomic E-state index is 0.0300. The molecule has 1 N–H and O–H groups in total. The lowest BCUT2D eigenvalue weighted by Gasteiger charge is -2.38. The van der Waals surface area contributed by atoms with Crippen LogP contribution in [0.5, 0.6) is 0 Å². The number of aryl methyl sites for hydroxylation is 1. The van der Waals surface area contributed by atoms with Gasteiger partial charge in [0.2, 0.25) is 0 Å². The number of hydrogen-bond donors (Lipinski definition) is 1. The van der Waals surface area contributed by atoms with Gasteiger partial charge in [0.1, 0.15) is 5.60 Å². The highest BCUT2D eigenvalue weighted by molar-refractivity contribution is 5.94. The predicted octanol–water partition coefficient (Wildman–Crippen LogP) is 5.49. The number of aromatic nitrogens is 1. The van der Waals surface area contributed by atoms with Gasteiger partial charge >= 0.3 is 6.09 Å². The highest BCUT2D eigenvalue weighted by atomic mass is 16.6. The summed E-state index contributed by atoms with van der Waals surface area (Å²) in [6.45, 7) is 7.37. The number of piperidine rings is 1. The maximum Gasteiger partial charge on any atom is 0.408 e. The molecule has 194 valence electrons. The Morgan fingerprint density at radius 1 is 1.03 bits per heavy atom. The Morgan fingerprint density at radius 3 is 2.57 bits per heavy atom. The molecule has 0 spiro atoms. The molecule has 1 unspecified atom stereocenters. The lowest BCUT2D eigenvalue weighted by atomic mass is 10.00. The molecule has 0 bridgehead atoms. The molecule has 1 atom stereocenters. The molecule has 2 aliphatic rings. The molecule has 0 radical (unpaired) electrons. The number of rotatable bonds is 4. The van der Waals surface area contributed by atoms with E-state index in [1.807, 2.05) is 69.4 Å². The lowest BCUT2D eigenvalue weighted by molar-refractivity contribution is 0.0503. The van der Waals surface area contributed by atoms with Gasteiger partial charge in [-0.1, -0.05) is 12.1 Å². The summed E-state index contributed by atoms with van der Waals surface area (Å²) in [7, 11) is 1.91. The highest BCUT2D eigenvalue weighted by Gasteiger charge is 2.30.